The van der Waals surface area contributed by atoms with Gasteiger partial charge in [-0.05, 0) is 37.2 Å². The predicted molar refractivity (Wildman–Crippen MR) is 70.6 cm³/mol. The maximum absolute atomic E-state index is 12.9. The molecule has 2 rings (SSSR count). The smallest absolute Gasteiger partial charge is 0.325 e. The number of alkyl halides is 3. The highest BCUT2D eigenvalue weighted by Crippen LogP contribution is 2.36. The van der Waals surface area contributed by atoms with E-state index in [0.29, 0.717) is 13.1 Å². The van der Waals surface area contributed by atoms with E-state index in [-0.39, 0.29) is 22.5 Å². The first-order valence-electron chi connectivity index (χ1n) is 6.17. The van der Waals surface area contributed by atoms with E-state index in [0.717, 1.165) is 6.07 Å². The largest absolute Gasteiger partial charge is 0.418 e. The molecule has 1 aliphatic heterocycles. The van der Waals surface area contributed by atoms with Gasteiger partial charge in [-0.1, -0.05) is 18.5 Å². The standard InChI is InChI=1S/C13H14ClF3N2O/c1-7(8-5-18-6-8)12(20)19-11-3-2-9(14)4-10(11)13(15,16)17/h2-4,7-8,18H,5-6H2,1H3,(H,19,20). The highest BCUT2D eigenvalue weighted by Gasteiger charge is 2.35. The van der Waals surface area contributed by atoms with Gasteiger partial charge in [-0.3, -0.25) is 4.79 Å². The number of hydrogen-bond acceptors (Lipinski definition) is 2. The molecule has 1 aromatic rings. The summed E-state index contributed by atoms with van der Waals surface area (Å²) in [6.07, 6.45) is -4.56. The summed E-state index contributed by atoms with van der Waals surface area (Å²) in [4.78, 5) is 12.0. The van der Waals surface area contributed by atoms with Gasteiger partial charge in [-0.2, -0.15) is 13.2 Å². The Morgan fingerprint density at radius 2 is 2.10 bits per heavy atom. The second-order valence-corrected chi connectivity index (χ2v) is 5.32. The zero-order valence-electron chi connectivity index (χ0n) is 10.7. The van der Waals surface area contributed by atoms with Crippen LogP contribution in [-0.2, 0) is 11.0 Å². The Kier molecular flexibility index (Phi) is 4.25. The first-order valence-corrected chi connectivity index (χ1v) is 6.55. The second kappa shape index (κ2) is 5.61. The fraction of sp³-hybridized carbons (Fsp3) is 0.462. The Hall–Kier alpha value is -1.27. The van der Waals surface area contributed by atoms with Crippen molar-refractivity contribution in [1.29, 1.82) is 0 Å². The molecular formula is C13H14ClF3N2O. The third-order valence-electron chi connectivity index (χ3n) is 3.48. The van der Waals surface area contributed by atoms with Crippen LogP contribution >= 0.6 is 11.6 Å². The molecule has 0 bridgehead atoms. The average Bonchev–Trinajstić information content (AvgIpc) is 2.27. The molecule has 0 saturated carbocycles. The maximum Gasteiger partial charge on any atom is 0.418 e. The Balaban J connectivity index is 2.18. The van der Waals surface area contributed by atoms with E-state index in [1.54, 1.807) is 6.92 Å². The Morgan fingerprint density at radius 1 is 1.45 bits per heavy atom. The molecule has 1 aliphatic rings. The highest BCUT2D eigenvalue weighted by molar-refractivity contribution is 6.30. The second-order valence-electron chi connectivity index (χ2n) is 4.88. The molecular weight excluding hydrogens is 293 g/mol. The number of benzene rings is 1. The van der Waals surface area contributed by atoms with E-state index in [1.165, 1.54) is 12.1 Å². The van der Waals surface area contributed by atoms with Crippen molar-refractivity contribution in [3.63, 3.8) is 0 Å². The van der Waals surface area contributed by atoms with Crippen LogP contribution in [0.25, 0.3) is 0 Å². The Labute approximate surface area is 119 Å². The quantitative estimate of drug-likeness (QED) is 0.900. The number of anilines is 1. The number of rotatable bonds is 3. The number of hydrogen-bond donors (Lipinski definition) is 2. The molecule has 110 valence electrons. The summed E-state index contributed by atoms with van der Waals surface area (Å²) in [5.41, 5.74) is -1.19. The van der Waals surface area contributed by atoms with Crippen LogP contribution in [0.15, 0.2) is 18.2 Å². The molecule has 0 aliphatic carbocycles. The van der Waals surface area contributed by atoms with Crippen molar-refractivity contribution in [2.24, 2.45) is 11.8 Å². The van der Waals surface area contributed by atoms with Crippen molar-refractivity contribution in [3.05, 3.63) is 28.8 Å². The summed E-state index contributed by atoms with van der Waals surface area (Å²) >= 11 is 5.58. The van der Waals surface area contributed by atoms with Gasteiger partial charge in [0.15, 0.2) is 0 Å². The van der Waals surface area contributed by atoms with Gasteiger partial charge in [0.1, 0.15) is 0 Å². The van der Waals surface area contributed by atoms with E-state index in [4.69, 9.17) is 11.6 Å². The summed E-state index contributed by atoms with van der Waals surface area (Å²) in [6.45, 7) is 3.13. The molecule has 0 aromatic heterocycles. The van der Waals surface area contributed by atoms with Crippen molar-refractivity contribution in [2.75, 3.05) is 18.4 Å². The fourth-order valence-electron chi connectivity index (χ4n) is 1.99. The van der Waals surface area contributed by atoms with Crippen molar-refractivity contribution >= 4 is 23.2 Å². The van der Waals surface area contributed by atoms with Gasteiger partial charge in [0, 0.05) is 10.9 Å². The third-order valence-corrected chi connectivity index (χ3v) is 3.71. The summed E-state index contributed by atoms with van der Waals surface area (Å²) in [7, 11) is 0. The van der Waals surface area contributed by atoms with Gasteiger partial charge in [0.25, 0.3) is 0 Å². The number of carbonyl (C=O) groups is 1. The lowest BCUT2D eigenvalue weighted by Gasteiger charge is -2.31. The Bertz CT molecular complexity index is 515. The van der Waals surface area contributed by atoms with E-state index in [2.05, 4.69) is 10.6 Å². The van der Waals surface area contributed by atoms with Crippen molar-refractivity contribution in [1.82, 2.24) is 5.32 Å². The number of amides is 1. The predicted octanol–water partition coefficient (Wildman–Crippen LogP) is 3.15. The molecule has 3 nitrogen and oxygen atoms in total. The molecule has 0 radical (unpaired) electrons. The van der Waals surface area contributed by atoms with E-state index in [1.807, 2.05) is 0 Å². The molecule has 0 spiro atoms. The summed E-state index contributed by atoms with van der Waals surface area (Å²) in [5.74, 6) is -0.589. The Morgan fingerprint density at radius 3 is 2.60 bits per heavy atom. The van der Waals surface area contributed by atoms with Gasteiger partial charge in [-0.15, -0.1) is 0 Å². The van der Waals surface area contributed by atoms with E-state index in [9.17, 15) is 18.0 Å². The lowest BCUT2D eigenvalue weighted by Crippen LogP contribution is -2.48. The van der Waals surface area contributed by atoms with Crippen LogP contribution in [0.2, 0.25) is 5.02 Å². The topological polar surface area (TPSA) is 41.1 Å². The lowest BCUT2D eigenvalue weighted by molar-refractivity contribution is -0.137. The van der Waals surface area contributed by atoms with Gasteiger partial charge >= 0.3 is 6.18 Å². The fourth-order valence-corrected chi connectivity index (χ4v) is 2.16. The van der Waals surface area contributed by atoms with Gasteiger partial charge in [-0.25, -0.2) is 0 Å². The average molecular weight is 307 g/mol. The summed E-state index contributed by atoms with van der Waals surface area (Å²) in [5, 5.41) is 5.35. The molecule has 1 fully saturated rings. The minimum atomic E-state index is -4.56. The molecule has 20 heavy (non-hydrogen) atoms. The summed E-state index contributed by atoms with van der Waals surface area (Å²) in [6, 6.07) is 3.31. The summed E-state index contributed by atoms with van der Waals surface area (Å²) < 4.78 is 38.7. The normalized spacial score (nSPS) is 17.4. The lowest BCUT2D eigenvalue weighted by atomic mass is 9.88. The van der Waals surface area contributed by atoms with Gasteiger partial charge < -0.3 is 10.6 Å². The molecule has 1 unspecified atom stereocenters. The number of carbonyl (C=O) groups excluding carboxylic acids is 1. The van der Waals surface area contributed by atoms with Gasteiger partial charge in [0.05, 0.1) is 11.3 Å². The van der Waals surface area contributed by atoms with Crippen LogP contribution in [0.3, 0.4) is 0 Å². The minimum Gasteiger partial charge on any atom is -0.325 e. The van der Waals surface area contributed by atoms with Crippen molar-refractivity contribution < 1.29 is 18.0 Å². The van der Waals surface area contributed by atoms with Crippen LogP contribution in [-0.4, -0.2) is 19.0 Å². The maximum atomic E-state index is 12.9. The van der Waals surface area contributed by atoms with Crippen LogP contribution in [0.4, 0.5) is 18.9 Å². The molecule has 2 N–H and O–H groups in total. The van der Waals surface area contributed by atoms with E-state index < -0.39 is 17.6 Å². The van der Waals surface area contributed by atoms with Gasteiger partial charge in [0.2, 0.25) is 5.91 Å². The zero-order valence-corrected chi connectivity index (χ0v) is 11.5. The number of nitrogens with one attached hydrogen (secondary N) is 2. The molecule has 1 amide bonds. The molecule has 1 aromatic carbocycles. The molecule has 1 heterocycles. The monoisotopic (exact) mass is 306 g/mol. The van der Waals surface area contributed by atoms with Crippen molar-refractivity contribution in [3.8, 4) is 0 Å². The third kappa shape index (κ3) is 3.24. The minimum absolute atomic E-state index is 0.0217. The molecule has 1 saturated heterocycles. The van der Waals surface area contributed by atoms with Crippen LogP contribution in [0, 0.1) is 11.8 Å². The highest BCUT2D eigenvalue weighted by atomic mass is 35.5. The first-order chi connectivity index (χ1) is 9.29. The van der Waals surface area contributed by atoms with Crippen LogP contribution in [0.5, 0.6) is 0 Å². The number of halogens is 4. The molecule has 7 heteroatoms. The molecule has 1 atom stereocenters. The van der Waals surface area contributed by atoms with Crippen LogP contribution in [0.1, 0.15) is 12.5 Å². The zero-order chi connectivity index (χ0) is 14.9. The first kappa shape index (κ1) is 15.1. The SMILES string of the molecule is CC(C(=O)Nc1ccc(Cl)cc1C(F)(F)F)C1CNC1. The van der Waals surface area contributed by atoms with Crippen LogP contribution < -0.4 is 10.6 Å². The van der Waals surface area contributed by atoms with E-state index >= 15 is 0 Å². The van der Waals surface area contributed by atoms with Crippen molar-refractivity contribution in [2.45, 2.75) is 13.1 Å².